The molecule has 1 aliphatic rings. The summed E-state index contributed by atoms with van der Waals surface area (Å²) >= 11 is 0. The largest absolute Gasteiger partial charge is 0.291 e. The van der Waals surface area contributed by atoms with Crippen LogP contribution in [0.25, 0.3) is 0 Å². The summed E-state index contributed by atoms with van der Waals surface area (Å²) in [7, 11) is 0. The molecule has 1 aromatic carbocycles. The van der Waals surface area contributed by atoms with Crippen molar-refractivity contribution in [2.24, 2.45) is 5.84 Å². The highest BCUT2D eigenvalue weighted by Gasteiger charge is 2.24. The Morgan fingerprint density at radius 2 is 2.23 bits per heavy atom. The molecule has 0 bridgehead atoms. The topological polar surface area (TPSA) is 53.3 Å². The van der Waals surface area contributed by atoms with E-state index in [4.69, 9.17) is 5.84 Å². The molecule has 0 spiro atoms. The van der Waals surface area contributed by atoms with Crippen molar-refractivity contribution in [1.29, 1.82) is 0 Å². The van der Waals surface area contributed by atoms with E-state index >= 15 is 0 Å². The summed E-state index contributed by atoms with van der Waals surface area (Å²) in [5, 5.41) is 2.04. The lowest BCUT2D eigenvalue weighted by atomic mass is 10.1. The van der Waals surface area contributed by atoms with Crippen molar-refractivity contribution in [3.63, 3.8) is 0 Å². The molecule has 4 heteroatoms. The van der Waals surface area contributed by atoms with Crippen LogP contribution in [0.4, 0.5) is 5.69 Å². The number of hydrogen-bond donors (Lipinski definition) is 3. The van der Waals surface area contributed by atoms with Crippen LogP contribution in [0.3, 0.4) is 0 Å². The summed E-state index contributed by atoms with van der Waals surface area (Å²) in [4.78, 5) is 0. The molecule has 1 atom stereocenters. The summed E-state index contributed by atoms with van der Waals surface area (Å²) < 4.78 is 0. The van der Waals surface area contributed by atoms with Crippen LogP contribution < -0.4 is 21.9 Å². The molecule has 13 heavy (non-hydrogen) atoms. The Balaban J connectivity index is 2.29. The van der Waals surface area contributed by atoms with Gasteiger partial charge in [0, 0.05) is 6.04 Å². The molecule has 4 N–H and O–H groups in total. The minimum absolute atomic E-state index is 0.438. The maximum atomic E-state index is 5.22. The summed E-state index contributed by atoms with van der Waals surface area (Å²) in [5.41, 5.74) is 7.93. The Morgan fingerprint density at radius 3 is 3.00 bits per heavy atom. The van der Waals surface area contributed by atoms with E-state index in [0.717, 1.165) is 6.42 Å². The van der Waals surface area contributed by atoms with Gasteiger partial charge in [-0.05, 0) is 25.0 Å². The van der Waals surface area contributed by atoms with E-state index < -0.39 is 0 Å². The van der Waals surface area contributed by atoms with Gasteiger partial charge in [-0.1, -0.05) is 18.2 Å². The highest BCUT2D eigenvalue weighted by Crippen LogP contribution is 2.29. The van der Waals surface area contributed by atoms with Crippen LogP contribution in [-0.4, -0.2) is 6.04 Å². The Bertz CT molecular complexity index is 299. The normalized spacial score (nSPS) is 20.5. The molecule has 0 aromatic heterocycles. The molecule has 2 rings (SSSR count). The average molecular weight is 178 g/mol. The second-order valence-corrected chi connectivity index (χ2v) is 3.31. The summed E-state index contributed by atoms with van der Waals surface area (Å²) in [6, 6.07) is 8.76. The van der Waals surface area contributed by atoms with Crippen LogP contribution in [-0.2, 0) is 6.42 Å². The number of benzene rings is 1. The van der Waals surface area contributed by atoms with Crippen molar-refractivity contribution in [2.75, 3.05) is 5.01 Å². The smallest absolute Gasteiger partial charge is 0.0569 e. The first-order chi connectivity index (χ1) is 6.33. The standard InChI is InChI=1S/C9H14N4/c1-7-6-8-4-2-3-5-9(8)13(7)12-11-10/h2-5,7,11-12H,6,10H2,1H3. The van der Waals surface area contributed by atoms with Crippen molar-refractivity contribution in [1.82, 2.24) is 11.1 Å². The fourth-order valence-electron chi connectivity index (χ4n) is 1.81. The quantitative estimate of drug-likeness (QED) is 0.451. The first-order valence-electron chi connectivity index (χ1n) is 4.41. The molecule has 1 heterocycles. The Kier molecular flexibility index (Phi) is 2.18. The molecule has 0 amide bonds. The van der Waals surface area contributed by atoms with Crippen LogP contribution in [0.5, 0.6) is 0 Å². The first kappa shape index (κ1) is 8.50. The minimum atomic E-state index is 0.438. The predicted octanol–water partition coefficient (Wildman–Crippen LogP) is 0.321. The third kappa shape index (κ3) is 1.39. The van der Waals surface area contributed by atoms with Gasteiger partial charge < -0.3 is 0 Å². The lowest BCUT2D eigenvalue weighted by Gasteiger charge is -2.24. The van der Waals surface area contributed by atoms with E-state index in [2.05, 4.69) is 36.2 Å². The Morgan fingerprint density at radius 1 is 1.46 bits per heavy atom. The third-order valence-corrected chi connectivity index (χ3v) is 2.39. The SMILES string of the molecule is CC1Cc2ccccc2N1NNN. The fraction of sp³-hybridized carbons (Fsp3) is 0.333. The molecular formula is C9H14N4. The Hall–Kier alpha value is -1.10. The number of anilines is 1. The zero-order valence-corrected chi connectivity index (χ0v) is 7.62. The number of nitrogens with one attached hydrogen (secondary N) is 2. The Labute approximate surface area is 77.6 Å². The zero-order chi connectivity index (χ0) is 9.26. The van der Waals surface area contributed by atoms with Gasteiger partial charge in [0.25, 0.3) is 0 Å². The maximum absolute atomic E-state index is 5.22. The molecule has 0 aliphatic carbocycles. The second kappa shape index (κ2) is 3.33. The highest BCUT2D eigenvalue weighted by atomic mass is 15.8. The molecular weight excluding hydrogens is 164 g/mol. The molecule has 0 radical (unpaired) electrons. The maximum Gasteiger partial charge on any atom is 0.0569 e. The van der Waals surface area contributed by atoms with E-state index in [1.165, 1.54) is 11.3 Å². The van der Waals surface area contributed by atoms with E-state index in [9.17, 15) is 0 Å². The van der Waals surface area contributed by atoms with Gasteiger partial charge in [0.05, 0.1) is 5.69 Å². The monoisotopic (exact) mass is 178 g/mol. The molecule has 0 saturated carbocycles. The molecule has 1 aromatic rings. The molecule has 70 valence electrons. The van der Waals surface area contributed by atoms with E-state index in [0.29, 0.717) is 6.04 Å². The van der Waals surface area contributed by atoms with Gasteiger partial charge >= 0.3 is 0 Å². The second-order valence-electron chi connectivity index (χ2n) is 3.31. The van der Waals surface area contributed by atoms with Crippen molar-refractivity contribution >= 4 is 5.69 Å². The number of rotatable bonds is 2. The van der Waals surface area contributed by atoms with Crippen LogP contribution in [0.2, 0.25) is 0 Å². The lowest BCUT2D eigenvalue weighted by Crippen LogP contribution is -2.52. The predicted molar refractivity (Wildman–Crippen MR) is 52.5 cm³/mol. The average Bonchev–Trinajstić information content (AvgIpc) is 2.44. The van der Waals surface area contributed by atoms with Gasteiger partial charge in [0.15, 0.2) is 0 Å². The summed E-state index contributed by atoms with van der Waals surface area (Å²) in [5.74, 6) is 5.22. The number of fused-ring (bicyclic) bond motifs is 1. The first-order valence-corrected chi connectivity index (χ1v) is 4.41. The van der Waals surface area contributed by atoms with Gasteiger partial charge in [-0.25, -0.2) is 0 Å². The van der Waals surface area contributed by atoms with Crippen molar-refractivity contribution in [2.45, 2.75) is 19.4 Å². The number of nitrogens with two attached hydrogens (primary N) is 1. The van der Waals surface area contributed by atoms with Crippen molar-refractivity contribution in [3.05, 3.63) is 29.8 Å². The van der Waals surface area contributed by atoms with Gasteiger partial charge in [0.1, 0.15) is 0 Å². The van der Waals surface area contributed by atoms with E-state index in [1.54, 1.807) is 0 Å². The third-order valence-electron chi connectivity index (χ3n) is 2.39. The molecule has 0 fully saturated rings. The number of hydrazine groups is 3. The van der Waals surface area contributed by atoms with Gasteiger partial charge in [-0.15, -0.1) is 0 Å². The van der Waals surface area contributed by atoms with Gasteiger partial charge in [-0.3, -0.25) is 10.9 Å². The van der Waals surface area contributed by atoms with Crippen molar-refractivity contribution in [3.8, 4) is 0 Å². The van der Waals surface area contributed by atoms with E-state index in [-0.39, 0.29) is 0 Å². The van der Waals surface area contributed by atoms with Gasteiger partial charge in [0.2, 0.25) is 0 Å². The van der Waals surface area contributed by atoms with Crippen LogP contribution >= 0.6 is 0 Å². The van der Waals surface area contributed by atoms with E-state index in [1.807, 2.05) is 11.1 Å². The lowest BCUT2D eigenvalue weighted by molar-refractivity contribution is 0.480. The van der Waals surface area contributed by atoms with Crippen LogP contribution in [0, 0.1) is 0 Å². The summed E-state index contributed by atoms with van der Waals surface area (Å²) in [6.07, 6.45) is 1.06. The minimum Gasteiger partial charge on any atom is -0.291 e. The summed E-state index contributed by atoms with van der Waals surface area (Å²) in [6.45, 7) is 2.16. The highest BCUT2D eigenvalue weighted by molar-refractivity contribution is 5.57. The molecule has 1 aliphatic heterocycles. The van der Waals surface area contributed by atoms with Crippen LogP contribution in [0.1, 0.15) is 12.5 Å². The molecule has 4 nitrogen and oxygen atoms in total. The van der Waals surface area contributed by atoms with Gasteiger partial charge in [-0.2, -0.15) is 11.1 Å². The zero-order valence-electron chi connectivity index (χ0n) is 7.62. The fourth-order valence-corrected chi connectivity index (χ4v) is 1.81. The molecule has 1 unspecified atom stereocenters. The van der Waals surface area contributed by atoms with Crippen molar-refractivity contribution < 1.29 is 0 Å². The van der Waals surface area contributed by atoms with Crippen LogP contribution in [0.15, 0.2) is 24.3 Å². The number of para-hydroxylation sites is 1. The number of hydrogen-bond acceptors (Lipinski definition) is 4. The molecule has 0 saturated heterocycles. The number of nitrogens with zero attached hydrogens (tertiary/aromatic N) is 1.